The summed E-state index contributed by atoms with van der Waals surface area (Å²) in [6.07, 6.45) is 2.21. The van der Waals surface area contributed by atoms with Crippen LogP contribution in [0.25, 0.3) is 32.6 Å². The molecule has 0 saturated carbocycles. The van der Waals surface area contributed by atoms with Crippen molar-refractivity contribution >= 4 is 38.4 Å². The van der Waals surface area contributed by atoms with Crippen LogP contribution in [0.3, 0.4) is 0 Å². The van der Waals surface area contributed by atoms with Crippen LogP contribution in [0, 0.1) is 0 Å². The number of aryl methyl sites for hydroxylation is 1. The van der Waals surface area contributed by atoms with Gasteiger partial charge in [0.05, 0.1) is 23.1 Å². The minimum atomic E-state index is -0.0229. The van der Waals surface area contributed by atoms with Gasteiger partial charge < -0.3 is 18.8 Å². The van der Waals surface area contributed by atoms with E-state index in [0.717, 1.165) is 53.4 Å². The SMILES string of the molecule is CCN(CC)CCn1c2ccc3c(c2c2c4ccn(C)c(=O)c4ccc21)OCCC3=O. The molecule has 2 aromatic heterocycles. The summed E-state index contributed by atoms with van der Waals surface area (Å²) in [6.45, 7) is 8.49. The molecule has 0 fully saturated rings. The molecule has 160 valence electrons. The molecule has 0 aliphatic carbocycles. The number of rotatable bonds is 5. The van der Waals surface area contributed by atoms with Crippen LogP contribution >= 0.6 is 0 Å². The number of likely N-dealkylation sites (N-methyl/N-ethyl adjacent to an activating group) is 1. The Labute approximate surface area is 180 Å². The summed E-state index contributed by atoms with van der Waals surface area (Å²) in [7, 11) is 1.77. The topological polar surface area (TPSA) is 56.5 Å². The van der Waals surface area contributed by atoms with Crippen molar-refractivity contribution in [1.82, 2.24) is 14.0 Å². The van der Waals surface area contributed by atoms with Gasteiger partial charge in [0.15, 0.2) is 5.78 Å². The van der Waals surface area contributed by atoms with Crippen molar-refractivity contribution in [2.45, 2.75) is 26.8 Å². The lowest BCUT2D eigenvalue weighted by Gasteiger charge is -2.20. The van der Waals surface area contributed by atoms with Crippen LogP contribution in [0.2, 0.25) is 0 Å². The van der Waals surface area contributed by atoms with E-state index >= 15 is 0 Å². The number of carbonyl (C=O) groups is 1. The van der Waals surface area contributed by atoms with Crippen molar-refractivity contribution in [3.05, 3.63) is 52.4 Å². The summed E-state index contributed by atoms with van der Waals surface area (Å²) < 4.78 is 9.98. The number of carbonyl (C=O) groups excluding carboxylic acids is 1. The molecule has 0 bridgehead atoms. The van der Waals surface area contributed by atoms with Gasteiger partial charge in [0.2, 0.25) is 0 Å². The van der Waals surface area contributed by atoms with Gasteiger partial charge >= 0.3 is 0 Å². The maximum absolute atomic E-state index is 12.8. The fourth-order valence-electron chi connectivity index (χ4n) is 4.84. The lowest BCUT2D eigenvalue weighted by molar-refractivity contribution is 0.0935. The Morgan fingerprint density at radius 3 is 2.48 bits per heavy atom. The number of benzene rings is 2. The van der Waals surface area contributed by atoms with Crippen LogP contribution in [0.15, 0.2) is 41.3 Å². The maximum Gasteiger partial charge on any atom is 0.258 e. The number of ketones is 1. The lowest BCUT2D eigenvalue weighted by atomic mass is 9.99. The zero-order valence-corrected chi connectivity index (χ0v) is 18.3. The second kappa shape index (κ2) is 7.54. The quantitative estimate of drug-likeness (QED) is 0.493. The first-order valence-electron chi connectivity index (χ1n) is 11.0. The lowest BCUT2D eigenvalue weighted by Crippen LogP contribution is -2.27. The summed E-state index contributed by atoms with van der Waals surface area (Å²) in [4.78, 5) is 27.8. The van der Waals surface area contributed by atoms with E-state index in [4.69, 9.17) is 4.74 Å². The largest absolute Gasteiger partial charge is 0.492 e. The van der Waals surface area contributed by atoms with Gasteiger partial charge in [0.1, 0.15) is 5.75 Å². The van der Waals surface area contributed by atoms with Crippen LogP contribution in [0.4, 0.5) is 0 Å². The second-order valence-electron chi connectivity index (χ2n) is 8.19. The normalized spacial score (nSPS) is 14.0. The number of nitrogens with zero attached hydrogens (tertiary/aromatic N) is 3. The van der Waals surface area contributed by atoms with Gasteiger partial charge in [-0.2, -0.15) is 0 Å². The number of hydrogen-bond acceptors (Lipinski definition) is 4. The summed E-state index contributed by atoms with van der Waals surface area (Å²) in [5.41, 5.74) is 2.73. The van der Waals surface area contributed by atoms with Crippen LogP contribution in [-0.2, 0) is 13.6 Å². The van der Waals surface area contributed by atoms with Gasteiger partial charge in [-0.15, -0.1) is 0 Å². The molecular formula is C25H27N3O3. The van der Waals surface area contributed by atoms with Gasteiger partial charge in [0.25, 0.3) is 5.56 Å². The second-order valence-corrected chi connectivity index (χ2v) is 8.19. The van der Waals surface area contributed by atoms with Crippen LogP contribution in [-0.4, -0.2) is 46.1 Å². The molecule has 6 nitrogen and oxygen atoms in total. The van der Waals surface area contributed by atoms with Crippen molar-refractivity contribution in [2.24, 2.45) is 7.05 Å². The summed E-state index contributed by atoms with van der Waals surface area (Å²) in [6, 6.07) is 9.89. The molecule has 0 saturated heterocycles. The molecule has 4 aromatic rings. The molecule has 31 heavy (non-hydrogen) atoms. The highest BCUT2D eigenvalue weighted by atomic mass is 16.5. The summed E-state index contributed by atoms with van der Waals surface area (Å²) in [5, 5.41) is 3.53. The Hall–Kier alpha value is -3.12. The van der Waals surface area contributed by atoms with E-state index in [9.17, 15) is 9.59 Å². The average Bonchev–Trinajstić information content (AvgIpc) is 3.11. The first-order chi connectivity index (χ1) is 15.0. The first kappa shape index (κ1) is 19.8. The monoisotopic (exact) mass is 417 g/mol. The van der Waals surface area contributed by atoms with Crippen molar-refractivity contribution < 1.29 is 9.53 Å². The van der Waals surface area contributed by atoms with E-state index in [0.29, 0.717) is 29.7 Å². The first-order valence-corrected chi connectivity index (χ1v) is 11.0. The highest BCUT2D eigenvalue weighted by Crippen LogP contribution is 2.42. The van der Waals surface area contributed by atoms with E-state index in [1.807, 2.05) is 36.5 Å². The maximum atomic E-state index is 12.8. The van der Waals surface area contributed by atoms with E-state index in [1.54, 1.807) is 11.6 Å². The Kier molecular flexibility index (Phi) is 4.82. The molecule has 0 N–H and O–H groups in total. The fraction of sp³-hybridized carbons (Fsp3) is 0.360. The van der Waals surface area contributed by atoms with E-state index in [2.05, 4.69) is 23.3 Å². The zero-order valence-electron chi connectivity index (χ0n) is 18.3. The molecule has 1 aliphatic rings. The van der Waals surface area contributed by atoms with Crippen LogP contribution < -0.4 is 10.3 Å². The number of hydrogen-bond donors (Lipinski definition) is 0. The van der Waals surface area contributed by atoms with E-state index < -0.39 is 0 Å². The number of ether oxygens (including phenoxy) is 1. The molecule has 0 spiro atoms. The molecule has 3 heterocycles. The predicted octanol–water partition coefficient (Wildman–Crippen LogP) is 3.95. The third-order valence-electron chi connectivity index (χ3n) is 6.62. The molecule has 5 rings (SSSR count). The number of pyridine rings is 1. The molecule has 1 aliphatic heterocycles. The minimum Gasteiger partial charge on any atom is -0.492 e. The number of fused-ring (bicyclic) bond motifs is 7. The van der Waals surface area contributed by atoms with Crippen molar-refractivity contribution in [2.75, 3.05) is 26.2 Å². The highest BCUT2D eigenvalue weighted by Gasteiger charge is 2.25. The minimum absolute atomic E-state index is 0.0229. The van der Waals surface area contributed by atoms with Gasteiger partial charge in [-0.25, -0.2) is 0 Å². The predicted molar refractivity (Wildman–Crippen MR) is 124 cm³/mol. The summed E-state index contributed by atoms with van der Waals surface area (Å²) >= 11 is 0. The molecular weight excluding hydrogens is 390 g/mol. The Bertz CT molecular complexity index is 1390. The molecule has 2 aromatic carbocycles. The molecule has 0 atom stereocenters. The molecule has 0 radical (unpaired) electrons. The Balaban J connectivity index is 1.88. The molecule has 6 heteroatoms. The molecule has 0 unspecified atom stereocenters. The van der Waals surface area contributed by atoms with Crippen molar-refractivity contribution in [3.63, 3.8) is 0 Å². The summed E-state index contributed by atoms with van der Waals surface area (Å²) in [5.74, 6) is 0.775. The fourth-order valence-corrected chi connectivity index (χ4v) is 4.84. The Morgan fingerprint density at radius 1 is 0.968 bits per heavy atom. The zero-order chi connectivity index (χ0) is 21.7. The smallest absolute Gasteiger partial charge is 0.258 e. The number of Topliss-reactive ketones (excluding diaryl/α,β-unsaturated/α-hetero) is 1. The number of aromatic nitrogens is 2. The third kappa shape index (κ3) is 2.97. The van der Waals surface area contributed by atoms with Gasteiger partial charge in [0, 0.05) is 49.0 Å². The standard InChI is InChI=1S/C25H27N3O3/c1-4-27(5-2)13-14-28-19-8-6-17-16(10-12-26(3)25(17)30)22(19)23-20(28)9-7-18-21(29)11-15-31-24(18)23/h6-10,12H,4-5,11,13-15H2,1-3H3. The highest BCUT2D eigenvalue weighted by molar-refractivity contribution is 6.24. The van der Waals surface area contributed by atoms with Crippen LogP contribution in [0.1, 0.15) is 30.6 Å². The average molecular weight is 418 g/mol. The van der Waals surface area contributed by atoms with E-state index in [-0.39, 0.29) is 11.3 Å². The molecule has 0 amide bonds. The van der Waals surface area contributed by atoms with Gasteiger partial charge in [-0.3, -0.25) is 9.59 Å². The van der Waals surface area contributed by atoms with E-state index in [1.165, 1.54) is 0 Å². The van der Waals surface area contributed by atoms with Crippen LogP contribution in [0.5, 0.6) is 5.75 Å². The van der Waals surface area contributed by atoms with Crippen molar-refractivity contribution in [1.29, 1.82) is 0 Å². The Morgan fingerprint density at radius 2 is 1.71 bits per heavy atom. The van der Waals surface area contributed by atoms with Gasteiger partial charge in [-0.05, 0) is 48.8 Å². The van der Waals surface area contributed by atoms with Gasteiger partial charge in [-0.1, -0.05) is 13.8 Å². The third-order valence-corrected chi connectivity index (χ3v) is 6.62. The van der Waals surface area contributed by atoms with Crippen molar-refractivity contribution in [3.8, 4) is 5.75 Å².